The van der Waals surface area contributed by atoms with Crippen molar-refractivity contribution in [2.24, 2.45) is 5.92 Å². The van der Waals surface area contributed by atoms with Gasteiger partial charge < -0.3 is 10.0 Å². The summed E-state index contributed by atoms with van der Waals surface area (Å²) in [5.41, 5.74) is 5.76. The van der Waals surface area contributed by atoms with Gasteiger partial charge in [0.15, 0.2) is 0 Å². The van der Waals surface area contributed by atoms with Gasteiger partial charge in [-0.3, -0.25) is 0 Å². The van der Waals surface area contributed by atoms with E-state index in [2.05, 4.69) is 73.8 Å². The van der Waals surface area contributed by atoms with Gasteiger partial charge in [0, 0.05) is 26.4 Å². The van der Waals surface area contributed by atoms with Crippen molar-refractivity contribution in [3.05, 3.63) is 53.0 Å². The number of hydrogen-bond donors (Lipinski definition) is 1. The molecule has 0 radical (unpaired) electrons. The van der Waals surface area contributed by atoms with Crippen LogP contribution in [0.3, 0.4) is 0 Å². The van der Waals surface area contributed by atoms with Gasteiger partial charge in [0.2, 0.25) is 0 Å². The first-order valence-corrected chi connectivity index (χ1v) is 13.8. The van der Waals surface area contributed by atoms with Crippen molar-refractivity contribution < 1.29 is 5.11 Å². The normalized spacial score (nSPS) is 13.7. The molecule has 0 bridgehead atoms. The minimum absolute atomic E-state index is 0.314. The molecule has 4 aromatic rings. The summed E-state index contributed by atoms with van der Waals surface area (Å²) in [7, 11) is 0. The van der Waals surface area contributed by atoms with Crippen LogP contribution in [0.2, 0.25) is 0 Å². The topological polar surface area (TPSA) is 49.2 Å². The summed E-state index contributed by atoms with van der Waals surface area (Å²) in [6.45, 7) is 5.43. The molecule has 170 valence electrons. The lowest BCUT2D eigenvalue weighted by atomic mass is 9.97. The average Bonchev–Trinajstić information content (AvgIpc) is 3.32. The molecule has 0 spiro atoms. The molecule has 33 heavy (non-hydrogen) atoms. The van der Waals surface area contributed by atoms with Gasteiger partial charge in [0.05, 0.1) is 23.1 Å². The molecule has 0 fully saturated rings. The summed E-state index contributed by atoms with van der Waals surface area (Å²) in [6, 6.07) is 16.7. The van der Waals surface area contributed by atoms with Gasteiger partial charge in [0.25, 0.3) is 0 Å². The van der Waals surface area contributed by atoms with Crippen LogP contribution in [0.5, 0.6) is 5.75 Å². The maximum atomic E-state index is 11.3. The predicted molar refractivity (Wildman–Crippen MR) is 143 cm³/mol. The van der Waals surface area contributed by atoms with Crippen molar-refractivity contribution in [1.82, 2.24) is 8.75 Å². The summed E-state index contributed by atoms with van der Waals surface area (Å²) in [4.78, 5) is 4.64. The molecule has 5 rings (SSSR count). The number of para-hydroxylation sites is 1. The number of nitrogens with zero attached hydrogens (tertiary/aromatic N) is 3. The van der Waals surface area contributed by atoms with Crippen LogP contribution < -0.4 is 4.90 Å². The number of anilines is 2. The molecule has 0 aliphatic carbocycles. The van der Waals surface area contributed by atoms with Crippen LogP contribution in [-0.2, 0) is 0 Å². The van der Waals surface area contributed by atoms with E-state index in [1.165, 1.54) is 41.6 Å². The third kappa shape index (κ3) is 4.27. The fourth-order valence-corrected chi connectivity index (χ4v) is 6.80. The van der Waals surface area contributed by atoms with Crippen LogP contribution in [0.25, 0.3) is 22.2 Å². The van der Waals surface area contributed by atoms with E-state index in [0.29, 0.717) is 11.7 Å². The molecule has 1 aliphatic heterocycles. The van der Waals surface area contributed by atoms with Gasteiger partial charge in [-0.05, 0) is 64.2 Å². The van der Waals surface area contributed by atoms with Crippen LogP contribution in [-0.4, -0.2) is 20.4 Å². The highest BCUT2D eigenvalue weighted by atomic mass is 79.9. The molecule has 1 unspecified atom stereocenters. The molecule has 1 aromatic heterocycles. The first-order valence-electron chi connectivity index (χ1n) is 11.4. The Labute approximate surface area is 211 Å². The zero-order valence-electron chi connectivity index (χ0n) is 18.7. The Kier molecular flexibility index (Phi) is 6.63. The molecule has 3 aromatic carbocycles. The predicted octanol–water partition coefficient (Wildman–Crippen LogP) is 8.65. The SMILES string of the molecule is CCCCC(CC)CN1c2ccccc2Sc2cc(-c3ccc(Br)c4nsnc34)cc(O)c21. The average molecular weight is 541 g/mol. The zero-order chi connectivity index (χ0) is 22.9. The molecule has 1 N–H and O–H groups in total. The van der Waals surface area contributed by atoms with E-state index in [4.69, 9.17) is 0 Å². The second-order valence-corrected chi connectivity index (χ2v) is 11.0. The quantitative estimate of drug-likeness (QED) is 0.254. The number of phenolic OH excluding ortho intramolecular Hbond substituents is 1. The van der Waals surface area contributed by atoms with Crippen LogP contribution in [0.1, 0.15) is 39.5 Å². The molecule has 0 saturated heterocycles. The molecule has 4 nitrogen and oxygen atoms in total. The van der Waals surface area contributed by atoms with Crippen LogP contribution >= 0.6 is 39.4 Å². The highest BCUT2D eigenvalue weighted by Gasteiger charge is 2.29. The molecular formula is C26H26BrN3OS2. The smallest absolute Gasteiger partial charge is 0.141 e. The van der Waals surface area contributed by atoms with Crippen LogP contribution in [0.4, 0.5) is 11.4 Å². The number of benzene rings is 3. The first kappa shape index (κ1) is 22.7. The van der Waals surface area contributed by atoms with E-state index in [-0.39, 0.29) is 0 Å². The number of aromatic nitrogens is 2. The third-order valence-corrected chi connectivity index (χ3v) is 8.63. The maximum absolute atomic E-state index is 11.3. The molecule has 0 saturated carbocycles. The number of rotatable bonds is 7. The lowest BCUT2D eigenvalue weighted by molar-refractivity contribution is 0.448. The Morgan fingerprint density at radius 2 is 1.85 bits per heavy atom. The Hall–Kier alpha value is -2.09. The fraction of sp³-hybridized carbons (Fsp3) is 0.308. The highest BCUT2D eigenvalue weighted by Crippen LogP contribution is 2.53. The van der Waals surface area contributed by atoms with Crippen molar-refractivity contribution in [2.75, 3.05) is 11.4 Å². The first-order chi connectivity index (χ1) is 16.1. The molecule has 1 atom stereocenters. The number of phenols is 1. The second kappa shape index (κ2) is 9.65. The van der Waals surface area contributed by atoms with Crippen LogP contribution in [0, 0.1) is 5.92 Å². The van der Waals surface area contributed by atoms with E-state index in [1.54, 1.807) is 11.8 Å². The summed E-state index contributed by atoms with van der Waals surface area (Å²) in [5.74, 6) is 0.898. The number of aromatic hydroxyl groups is 1. The standard InChI is InChI=1S/C26H26BrN3OS2/c1-3-5-8-16(4-2)15-30-20-9-6-7-10-22(20)32-23-14-17(13-21(31)26(23)30)18-11-12-19(27)25-24(18)28-33-29-25/h6-7,9-14,16,31H,3-5,8,15H2,1-2H3. The van der Waals surface area contributed by atoms with Crippen molar-refractivity contribution in [1.29, 1.82) is 0 Å². The van der Waals surface area contributed by atoms with E-state index >= 15 is 0 Å². The van der Waals surface area contributed by atoms with Crippen LogP contribution in [0.15, 0.2) is 62.8 Å². The van der Waals surface area contributed by atoms with E-state index in [9.17, 15) is 5.11 Å². The Morgan fingerprint density at radius 1 is 1.03 bits per heavy atom. The lowest BCUT2D eigenvalue weighted by Crippen LogP contribution is -2.27. The van der Waals surface area contributed by atoms with Crippen molar-refractivity contribution in [2.45, 2.75) is 49.3 Å². The highest BCUT2D eigenvalue weighted by molar-refractivity contribution is 9.10. The van der Waals surface area contributed by atoms with Crippen molar-refractivity contribution >= 4 is 61.8 Å². The molecule has 1 aliphatic rings. The van der Waals surface area contributed by atoms with E-state index in [1.807, 2.05) is 18.2 Å². The summed E-state index contributed by atoms with van der Waals surface area (Å²) >= 11 is 6.51. The summed E-state index contributed by atoms with van der Waals surface area (Å²) in [6.07, 6.45) is 4.79. The molecule has 2 heterocycles. The zero-order valence-corrected chi connectivity index (χ0v) is 21.9. The second-order valence-electron chi connectivity index (χ2n) is 8.50. The Bertz CT molecular complexity index is 1310. The monoisotopic (exact) mass is 539 g/mol. The molecular weight excluding hydrogens is 514 g/mol. The van der Waals surface area contributed by atoms with Gasteiger partial charge in [-0.15, -0.1) is 0 Å². The van der Waals surface area contributed by atoms with Gasteiger partial charge in [-0.1, -0.05) is 63.1 Å². The number of unbranched alkanes of at least 4 members (excludes halogenated alkanes) is 1. The van der Waals surface area contributed by atoms with Gasteiger partial charge in [0.1, 0.15) is 16.8 Å². The van der Waals surface area contributed by atoms with Crippen molar-refractivity contribution in [3.63, 3.8) is 0 Å². The van der Waals surface area contributed by atoms with E-state index < -0.39 is 0 Å². The van der Waals surface area contributed by atoms with Gasteiger partial charge in [-0.2, -0.15) is 8.75 Å². The van der Waals surface area contributed by atoms with Gasteiger partial charge in [-0.25, -0.2) is 0 Å². The van der Waals surface area contributed by atoms with E-state index in [0.717, 1.165) is 50.2 Å². The number of fused-ring (bicyclic) bond motifs is 3. The number of halogens is 1. The summed E-state index contributed by atoms with van der Waals surface area (Å²) < 4.78 is 9.89. The van der Waals surface area contributed by atoms with Crippen molar-refractivity contribution in [3.8, 4) is 16.9 Å². The van der Waals surface area contributed by atoms with Gasteiger partial charge >= 0.3 is 0 Å². The maximum Gasteiger partial charge on any atom is 0.141 e. The Morgan fingerprint density at radius 3 is 2.67 bits per heavy atom. The lowest BCUT2D eigenvalue weighted by Gasteiger charge is -2.36. The Balaban J connectivity index is 1.61. The fourth-order valence-electron chi connectivity index (χ4n) is 4.54. The summed E-state index contributed by atoms with van der Waals surface area (Å²) in [5, 5.41) is 11.3. The molecule has 0 amide bonds. The third-order valence-electron chi connectivity index (χ3n) is 6.36. The molecule has 7 heteroatoms. The minimum atomic E-state index is 0.314. The number of hydrogen-bond acceptors (Lipinski definition) is 6. The largest absolute Gasteiger partial charge is 0.506 e. The minimum Gasteiger partial charge on any atom is -0.506 e.